The summed E-state index contributed by atoms with van der Waals surface area (Å²) in [5, 5.41) is 3.07. The summed E-state index contributed by atoms with van der Waals surface area (Å²) in [6.07, 6.45) is -8.59. The summed E-state index contributed by atoms with van der Waals surface area (Å²) in [6, 6.07) is 14.2. The molecule has 0 bridgehead atoms. The van der Waals surface area contributed by atoms with E-state index in [1.165, 1.54) is 12.1 Å². The van der Waals surface area contributed by atoms with Crippen molar-refractivity contribution in [1.82, 2.24) is 4.98 Å². The molecule has 1 amide bonds. The largest absolute Gasteiger partial charge is 0.417 e. The minimum Gasteiger partial charge on any atom is -0.397 e. The Morgan fingerprint density at radius 2 is 1.59 bits per heavy atom. The monoisotopic (exact) mass is 475 g/mol. The minimum atomic E-state index is -5.16. The highest BCUT2D eigenvalue weighted by atomic mass is 19.4. The number of nitrogens with one attached hydrogen (secondary N) is 1. The van der Waals surface area contributed by atoms with Gasteiger partial charge in [0.15, 0.2) is 0 Å². The second kappa shape index (κ2) is 8.36. The number of aromatic nitrogens is 1. The number of hydrogen-bond donors (Lipinski definition) is 2. The predicted molar refractivity (Wildman–Crippen MR) is 116 cm³/mol. The number of hydrogen-bond acceptors (Lipinski definition) is 3. The molecule has 0 saturated carbocycles. The van der Waals surface area contributed by atoms with E-state index in [4.69, 9.17) is 5.73 Å². The number of nitrogen functional groups attached to an aromatic ring is 1. The highest BCUT2D eigenvalue weighted by Gasteiger charge is 2.39. The van der Waals surface area contributed by atoms with Gasteiger partial charge in [0.1, 0.15) is 0 Å². The first-order valence-corrected chi connectivity index (χ1v) is 9.78. The van der Waals surface area contributed by atoms with Gasteiger partial charge in [-0.2, -0.15) is 26.3 Å². The molecule has 4 aromatic rings. The van der Waals surface area contributed by atoms with E-state index in [1.54, 1.807) is 42.6 Å². The molecule has 4 rings (SSSR count). The van der Waals surface area contributed by atoms with Crippen LogP contribution in [0.1, 0.15) is 21.5 Å². The van der Waals surface area contributed by atoms with Gasteiger partial charge in [0.2, 0.25) is 0 Å². The van der Waals surface area contributed by atoms with E-state index < -0.39 is 35.0 Å². The van der Waals surface area contributed by atoms with Crippen molar-refractivity contribution in [3.8, 4) is 11.1 Å². The fraction of sp³-hybridized carbons (Fsp3) is 0.0833. The molecule has 0 spiro atoms. The molecule has 0 radical (unpaired) electrons. The van der Waals surface area contributed by atoms with Crippen LogP contribution in [0, 0.1) is 0 Å². The molecule has 0 aliphatic rings. The highest BCUT2D eigenvalue weighted by molar-refractivity contribution is 6.06. The third-order valence-electron chi connectivity index (χ3n) is 5.13. The lowest BCUT2D eigenvalue weighted by atomic mass is 10.00. The van der Waals surface area contributed by atoms with Crippen LogP contribution in [0.15, 0.2) is 72.9 Å². The van der Waals surface area contributed by atoms with Crippen molar-refractivity contribution in [3.05, 3.63) is 89.6 Å². The summed E-state index contributed by atoms with van der Waals surface area (Å²) in [5.41, 5.74) is 4.40. The molecule has 1 heterocycles. The molecule has 0 saturated heterocycles. The average molecular weight is 475 g/mol. The number of para-hydroxylation sites is 1. The number of carbonyl (C=O) groups is 1. The lowest BCUT2D eigenvalue weighted by Gasteiger charge is -2.16. The van der Waals surface area contributed by atoms with Crippen LogP contribution in [0.25, 0.3) is 22.0 Å². The fourth-order valence-electron chi connectivity index (χ4n) is 3.57. The van der Waals surface area contributed by atoms with Crippen molar-refractivity contribution in [3.63, 3.8) is 0 Å². The van der Waals surface area contributed by atoms with Gasteiger partial charge in [0.25, 0.3) is 5.91 Å². The standard InChI is InChI=1S/C24H15F6N3O/c25-23(26,27)14-7-8-18(19(12-14)24(28,29)30)22(34)33-15-4-1-3-13(11-15)16-9-10-32-21-17(16)5-2-6-20(21)31/h1-12H,31H2,(H,33,34). The maximum Gasteiger partial charge on any atom is 0.417 e. The van der Waals surface area contributed by atoms with E-state index in [9.17, 15) is 31.1 Å². The number of fused-ring (bicyclic) bond motifs is 1. The molecule has 4 nitrogen and oxygen atoms in total. The molecule has 0 unspecified atom stereocenters. The Morgan fingerprint density at radius 1 is 0.853 bits per heavy atom. The molecule has 0 fully saturated rings. The average Bonchev–Trinajstić information content (AvgIpc) is 2.77. The van der Waals surface area contributed by atoms with Crippen LogP contribution in [-0.4, -0.2) is 10.9 Å². The first-order valence-electron chi connectivity index (χ1n) is 9.78. The normalized spacial score (nSPS) is 12.1. The van der Waals surface area contributed by atoms with Crippen LogP contribution in [0.4, 0.5) is 37.7 Å². The van der Waals surface area contributed by atoms with Crippen LogP contribution < -0.4 is 11.1 Å². The van der Waals surface area contributed by atoms with E-state index in [0.717, 1.165) is 10.9 Å². The van der Waals surface area contributed by atoms with Crippen molar-refractivity contribution >= 4 is 28.2 Å². The fourth-order valence-corrected chi connectivity index (χ4v) is 3.57. The first kappa shape index (κ1) is 23.1. The number of halogens is 6. The first-order chi connectivity index (χ1) is 15.9. The van der Waals surface area contributed by atoms with Gasteiger partial charge in [-0.25, -0.2) is 0 Å². The Hall–Kier alpha value is -4.08. The third-order valence-corrected chi connectivity index (χ3v) is 5.13. The van der Waals surface area contributed by atoms with Gasteiger partial charge in [-0.3, -0.25) is 9.78 Å². The molecule has 0 aliphatic heterocycles. The van der Waals surface area contributed by atoms with Crippen molar-refractivity contribution < 1.29 is 31.1 Å². The molecule has 0 aliphatic carbocycles. The minimum absolute atomic E-state index is 0.0706. The van der Waals surface area contributed by atoms with Gasteiger partial charge in [0, 0.05) is 17.3 Å². The summed E-state index contributed by atoms with van der Waals surface area (Å²) >= 11 is 0. The number of anilines is 2. The van der Waals surface area contributed by atoms with Gasteiger partial charge >= 0.3 is 12.4 Å². The summed E-state index contributed by atoms with van der Waals surface area (Å²) < 4.78 is 78.9. The summed E-state index contributed by atoms with van der Waals surface area (Å²) in [5.74, 6) is -1.19. The number of rotatable bonds is 3. The molecular weight excluding hydrogens is 460 g/mol. The number of nitrogens with two attached hydrogens (primary N) is 1. The van der Waals surface area contributed by atoms with E-state index in [1.807, 2.05) is 0 Å². The van der Waals surface area contributed by atoms with Crippen molar-refractivity contribution in [2.24, 2.45) is 0 Å². The van der Waals surface area contributed by atoms with Crippen LogP contribution in [-0.2, 0) is 12.4 Å². The molecule has 34 heavy (non-hydrogen) atoms. The number of nitrogens with zero attached hydrogens (tertiary/aromatic N) is 1. The molecule has 3 aromatic carbocycles. The molecular formula is C24H15F6N3O. The van der Waals surface area contributed by atoms with Crippen molar-refractivity contribution in [1.29, 1.82) is 0 Å². The number of benzene rings is 3. The topological polar surface area (TPSA) is 68.0 Å². The van der Waals surface area contributed by atoms with Gasteiger partial charge in [0.05, 0.1) is 27.9 Å². The second-order valence-corrected chi connectivity index (χ2v) is 7.39. The maximum atomic E-state index is 13.4. The van der Waals surface area contributed by atoms with Crippen LogP contribution in [0.3, 0.4) is 0 Å². The van der Waals surface area contributed by atoms with E-state index in [0.29, 0.717) is 28.9 Å². The zero-order valence-electron chi connectivity index (χ0n) is 17.1. The smallest absolute Gasteiger partial charge is 0.397 e. The number of pyridine rings is 1. The van der Waals surface area contributed by atoms with Crippen LogP contribution >= 0.6 is 0 Å². The molecule has 0 atom stereocenters. The SMILES string of the molecule is Nc1cccc2c(-c3cccc(NC(=O)c4ccc(C(F)(F)F)cc4C(F)(F)F)c3)ccnc12. The van der Waals surface area contributed by atoms with Crippen LogP contribution in [0.2, 0.25) is 0 Å². The highest BCUT2D eigenvalue weighted by Crippen LogP contribution is 2.38. The van der Waals surface area contributed by atoms with E-state index in [2.05, 4.69) is 10.3 Å². The maximum absolute atomic E-state index is 13.4. The second-order valence-electron chi connectivity index (χ2n) is 7.39. The molecule has 1 aromatic heterocycles. The Kier molecular flexibility index (Phi) is 5.68. The van der Waals surface area contributed by atoms with E-state index >= 15 is 0 Å². The predicted octanol–water partition coefficient (Wildman–Crippen LogP) is 6.77. The zero-order valence-corrected chi connectivity index (χ0v) is 17.1. The van der Waals surface area contributed by atoms with Crippen molar-refractivity contribution in [2.45, 2.75) is 12.4 Å². The van der Waals surface area contributed by atoms with Gasteiger partial charge in [-0.05, 0) is 53.6 Å². The quantitative estimate of drug-likeness (QED) is 0.254. The Balaban J connectivity index is 1.70. The van der Waals surface area contributed by atoms with E-state index in [-0.39, 0.29) is 11.8 Å². The molecule has 3 N–H and O–H groups in total. The number of alkyl halides is 6. The summed E-state index contributed by atoms with van der Waals surface area (Å²) in [7, 11) is 0. The Morgan fingerprint density at radius 3 is 2.29 bits per heavy atom. The summed E-state index contributed by atoms with van der Waals surface area (Å²) in [4.78, 5) is 16.9. The zero-order chi connectivity index (χ0) is 24.7. The summed E-state index contributed by atoms with van der Waals surface area (Å²) in [6.45, 7) is 0. The number of carbonyl (C=O) groups excluding carboxylic acids is 1. The Labute approximate surface area is 189 Å². The molecule has 10 heteroatoms. The van der Waals surface area contributed by atoms with Crippen molar-refractivity contribution in [2.75, 3.05) is 11.1 Å². The lowest BCUT2D eigenvalue weighted by molar-refractivity contribution is -0.143. The van der Waals surface area contributed by atoms with Gasteiger partial charge < -0.3 is 11.1 Å². The number of amides is 1. The molecule has 174 valence electrons. The Bertz CT molecular complexity index is 1400. The van der Waals surface area contributed by atoms with Gasteiger partial charge in [-0.1, -0.05) is 24.3 Å². The third kappa shape index (κ3) is 4.52. The van der Waals surface area contributed by atoms with Gasteiger partial charge in [-0.15, -0.1) is 0 Å². The van der Waals surface area contributed by atoms with Crippen LogP contribution in [0.5, 0.6) is 0 Å². The lowest BCUT2D eigenvalue weighted by Crippen LogP contribution is -2.20.